The van der Waals surface area contributed by atoms with Gasteiger partial charge in [-0.1, -0.05) is 13.3 Å². The van der Waals surface area contributed by atoms with E-state index in [9.17, 15) is 15.0 Å². The highest BCUT2D eigenvalue weighted by atomic mass is 16.5. The second kappa shape index (κ2) is 5.69. The van der Waals surface area contributed by atoms with Crippen LogP contribution in [0, 0.1) is 39.9 Å². The fourth-order valence-corrected chi connectivity index (χ4v) is 8.40. The van der Waals surface area contributed by atoms with E-state index in [0.29, 0.717) is 11.8 Å². The molecule has 4 rings (SSSR count). The van der Waals surface area contributed by atoms with E-state index in [1.165, 1.54) is 7.11 Å². The lowest BCUT2D eigenvalue weighted by atomic mass is 9.40. The molecule has 4 fully saturated rings. The molecule has 0 amide bonds. The van der Waals surface area contributed by atoms with E-state index in [1.54, 1.807) is 0 Å². The van der Waals surface area contributed by atoms with Gasteiger partial charge in [0, 0.05) is 6.61 Å². The Morgan fingerprint density at radius 3 is 2.64 bits per heavy atom. The molecule has 4 saturated carbocycles. The largest absolute Gasteiger partial charge is 0.469 e. The number of aliphatic hydroxyl groups is 2. The van der Waals surface area contributed by atoms with Crippen molar-refractivity contribution in [2.24, 2.45) is 39.9 Å². The molecule has 4 aliphatic rings. The predicted molar refractivity (Wildman–Crippen MR) is 94.7 cm³/mol. The molecule has 4 nitrogen and oxygen atoms in total. The van der Waals surface area contributed by atoms with Crippen molar-refractivity contribution in [1.29, 1.82) is 0 Å². The fraction of sp³-hybridized carbons (Fsp3) is 0.952. The molecule has 0 radical (unpaired) electrons. The molecule has 1 spiro atoms. The summed E-state index contributed by atoms with van der Waals surface area (Å²) in [6.07, 6.45) is 7.94. The van der Waals surface area contributed by atoms with Gasteiger partial charge in [0.25, 0.3) is 0 Å². The number of carbonyl (C=O) groups is 1. The number of carbonyl (C=O) groups excluding carboxylic acids is 1. The van der Waals surface area contributed by atoms with Gasteiger partial charge in [0.1, 0.15) is 0 Å². The van der Waals surface area contributed by atoms with Crippen LogP contribution < -0.4 is 0 Å². The maximum atomic E-state index is 12.7. The number of hydrogen-bond acceptors (Lipinski definition) is 4. The first-order valence-corrected chi connectivity index (χ1v) is 10.2. The summed E-state index contributed by atoms with van der Waals surface area (Å²) >= 11 is 0. The van der Waals surface area contributed by atoms with Crippen molar-refractivity contribution >= 4 is 5.97 Å². The van der Waals surface area contributed by atoms with Gasteiger partial charge in [-0.05, 0) is 86.4 Å². The van der Waals surface area contributed by atoms with Gasteiger partial charge in [-0.15, -0.1) is 0 Å². The van der Waals surface area contributed by atoms with E-state index >= 15 is 0 Å². The normalized spacial score (nSPS) is 54.5. The Morgan fingerprint density at radius 1 is 1.20 bits per heavy atom. The summed E-state index contributed by atoms with van der Waals surface area (Å²) in [5.74, 6) is 1.32. The highest BCUT2D eigenvalue weighted by Crippen LogP contribution is 2.72. The lowest BCUT2D eigenvalue weighted by molar-refractivity contribution is -0.201. The molecular weight excluding hydrogens is 316 g/mol. The predicted octanol–water partition coefficient (Wildman–Crippen LogP) is 3.15. The second-order valence-electron chi connectivity index (χ2n) is 10.1. The lowest BCUT2D eigenvalue weighted by Crippen LogP contribution is -2.61. The van der Waals surface area contributed by atoms with Crippen LogP contribution in [0.25, 0.3) is 0 Å². The molecule has 2 bridgehead atoms. The lowest BCUT2D eigenvalue weighted by Gasteiger charge is -2.64. The first-order chi connectivity index (χ1) is 11.8. The molecule has 2 N–H and O–H groups in total. The maximum Gasteiger partial charge on any atom is 0.311 e. The van der Waals surface area contributed by atoms with E-state index in [2.05, 4.69) is 13.8 Å². The number of esters is 1. The standard InChI is InChI=1S/C21H34O4/c1-19-6-4-7-20(2,18(24)25-3)16(19)5-8-21-10-13(14(11-21)12-22)9-15(23)17(19)21/h13-17,22-23H,4-12H2,1-3H3/t13-,14-,15-,16+,17+,19-,20-,21+/m1/s1. The van der Waals surface area contributed by atoms with Crippen molar-refractivity contribution in [3.8, 4) is 0 Å². The van der Waals surface area contributed by atoms with Gasteiger partial charge in [0.05, 0.1) is 18.6 Å². The third-order valence-corrected chi connectivity index (χ3v) is 9.10. The van der Waals surface area contributed by atoms with Crippen molar-refractivity contribution in [3.05, 3.63) is 0 Å². The summed E-state index contributed by atoms with van der Waals surface area (Å²) in [5.41, 5.74) is -0.252. The van der Waals surface area contributed by atoms with Crippen LogP contribution in [-0.4, -0.2) is 36.0 Å². The topological polar surface area (TPSA) is 66.8 Å². The van der Waals surface area contributed by atoms with Crippen molar-refractivity contribution in [2.75, 3.05) is 13.7 Å². The molecule has 0 aromatic carbocycles. The smallest absolute Gasteiger partial charge is 0.311 e. The fourth-order valence-electron chi connectivity index (χ4n) is 8.40. The Labute approximate surface area is 151 Å². The number of fused-ring (bicyclic) bond motifs is 3. The van der Waals surface area contributed by atoms with Gasteiger partial charge in [-0.3, -0.25) is 4.79 Å². The van der Waals surface area contributed by atoms with Crippen LogP contribution in [0.2, 0.25) is 0 Å². The summed E-state index contributed by atoms with van der Waals surface area (Å²) in [6.45, 7) is 4.70. The van der Waals surface area contributed by atoms with E-state index in [1.807, 2.05) is 0 Å². The zero-order valence-electron chi connectivity index (χ0n) is 16.0. The number of methoxy groups -OCH3 is 1. The van der Waals surface area contributed by atoms with Gasteiger partial charge in [0.2, 0.25) is 0 Å². The van der Waals surface area contributed by atoms with Crippen LogP contribution in [-0.2, 0) is 9.53 Å². The summed E-state index contributed by atoms with van der Waals surface area (Å²) in [5, 5.41) is 21.0. The van der Waals surface area contributed by atoms with Gasteiger partial charge >= 0.3 is 5.97 Å². The van der Waals surface area contributed by atoms with Crippen molar-refractivity contribution in [2.45, 2.75) is 71.3 Å². The number of ether oxygens (including phenoxy) is 1. The minimum Gasteiger partial charge on any atom is -0.469 e. The Hall–Kier alpha value is -0.610. The molecule has 0 unspecified atom stereocenters. The molecule has 8 atom stereocenters. The number of aliphatic hydroxyl groups excluding tert-OH is 2. The zero-order chi connectivity index (χ0) is 18.0. The highest BCUT2D eigenvalue weighted by molar-refractivity contribution is 5.77. The van der Waals surface area contributed by atoms with Crippen molar-refractivity contribution in [3.63, 3.8) is 0 Å². The van der Waals surface area contributed by atoms with Gasteiger partial charge in [-0.2, -0.15) is 0 Å². The van der Waals surface area contributed by atoms with Crippen LogP contribution in [0.4, 0.5) is 0 Å². The highest BCUT2D eigenvalue weighted by Gasteiger charge is 2.68. The SMILES string of the molecule is COC(=O)[C@]1(C)CCC[C@@]2(C)[C@@H]3[C@H](O)C[C@@H]4C[C@@]3(CC[C@@H]21)C[C@@H]4CO. The minimum atomic E-state index is -0.422. The minimum absolute atomic E-state index is 0.00578. The Bertz CT molecular complexity index is 562. The van der Waals surface area contributed by atoms with Crippen LogP contribution in [0.15, 0.2) is 0 Å². The molecule has 25 heavy (non-hydrogen) atoms. The monoisotopic (exact) mass is 350 g/mol. The third kappa shape index (κ3) is 2.22. The first-order valence-electron chi connectivity index (χ1n) is 10.2. The van der Waals surface area contributed by atoms with Gasteiger partial charge in [0.15, 0.2) is 0 Å². The number of hydrogen-bond donors (Lipinski definition) is 2. The molecule has 0 saturated heterocycles. The molecule has 0 heterocycles. The Balaban J connectivity index is 1.74. The average molecular weight is 350 g/mol. The molecule has 0 aliphatic heterocycles. The van der Waals surface area contributed by atoms with E-state index < -0.39 is 5.41 Å². The van der Waals surface area contributed by atoms with Gasteiger partial charge < -0.3 is 14.9 Å². The third-order valence-electron chi connectivity index (χ3n) is 9.10. The van der Waals surface area contributed by atoms with E-state index in [-0.39, 0.29) is 41.3 Å². The Morgan fingerprint density at radius 2 is 1.96 bits per heavy atom. The summed E-state index contributed by atoms with van der Waals surface area (Å²) in [4.78, 5) is 12.7. The maximum absolute atomic E-state index is 12.7. The van der Waals surface area contributed by atoms with Crippen LogP contribution in [0.5, 0.6) is 0 Å². The quantitative estimate of drug-likeness (QED) is 0.751. The molecule has 142 valence electrons. The first kappa shape index (κ1) is 17.8. The molecule has 0 aromatic heterocycles. The van der Waals surface area contributed by atoms with Gasteiger partial charge in [-0.25, -0.2) is 0 Å². The zero-order valence-corrected chi connectivity index (χ0v) is 16.0. The van der Waals surface area contributed by atoms with Crippen molar-refractivity contribution < 1.29 is 19.7 Å². The molecule has 4 heteroatoms. The van der Waals surface area contributed by atoms with Crippen LogP contribution in [0.1, 0.15) is 65.2 Å². The molecular formula is C21H34O4. The van der Waals surface area contributed by atoms with E-state index in [4.69, 9.17) is 4.74 Å². The van der Waals surface area contributed by atoms with E-state index in [0.717, 1.165) is 51.4 Å². The Kier molecular flexibility index (Phi) is 4.05. The number of rotatable bonds is 2. The summed E-state index contributed by atoms with van der Waals surface area (Å²) < 4.78 is 5.21. The molecule has 4 aliphatic carbocycles. The molecule has 0 aromatic rings. The van der Waals surface area contributed by atoms with Crippen molar-refractivity contribution in [1.82, 2.24) is 0 Å². The average Bonchev–Trinajstić information content (AvgIpc) is 2.84. The summed E-state index contributed by atoms with van der Waals surface area (Å²) in [6, 6.07) is 0. The second-order valence-corrected chi connectivity index (χ2v) is 10.1. The summed E-state index contributed by atoms with van der Waals surface area (Å²) in [7, 11) is 1.51. The van der Waals surface area contributed by atoms with Crippen LogP contribution >= 0.6 is 0 Å². The van der Waals surface area contributed by atoms with Crippen LogP contribution in [0.3, 0.4) is 0 Å².